The van der Waals surface area contributed by atoms with Crippen LogP contribution in [0.2, 0.25) is 0 Å². The second kappa shape index (κ2) is 32.4. The van der Waals surface area contributed by atoms with E-state index in [-0.39, 0.29) is 29.4 Å². The molecular weight excluding hydrogens is 1070 g/mol. The summed E-state index contributed by atoms with van der Waals surface area (Å²) in [4.78, 5) is 81.2. The highest BCUT2D eigenvalue weighted by molar-refractivity contribution is 7.22. The summed E-state index contributed by atoms with van der Waals surface area (Å²) in [5.74, 6) is -1.59. The summed E-state index contributed by atoms with van der Waals surface area (Å²) >= 11 is 1.47. The van der Waals surface area contributed by atoms with Gasteiger partial charge in [-0.2, -0.15) is 5.10 Å². The van der Waals surface area contributed by atoms with Gasteiger partial charge in [0.1, 0.15) is 34.5 Å². The Hall–Kier alpha value is -8.12. The summed E-state index contributed by atoms with van der Waals surface area (Å²) in [6.07, 6.45) is 14.2. The zero-order chi connectivity index (χ0) is 58.1. The molecule has 5 aromatic rings. The number of benzene rings is 4. The number of ether oxygens (including phenoxy) is 8. The molecule has 0 spiro atoms. The van der Waals surface area contributed by atoms with Crippen molar-refractivity contribution in [3.8, 4) is 34.5 Å². The number of hydrogen-bond acceptors (Lipinski definition) is 18. The Morgan fingerprint density at radius 2 is 0.963 bits per heavy atom. The van der Waals surface area contributed by atoms with Gasteiger partial charge in [0.2, 0.25) is 5.13 Å². The molecular formula is C64H73N3O14S. The number of unbranched alkanes of at least 4 members (excludes halogenated alkanes) is 6. The number of fused-ring (bicyclic) bond motifs is 1. The molecule has 0 N–H and O–H groups in total. The number of anilines is 1. The molecule has 7 rings (SSSR count). The minimum atomic E-state index is -0.477. The summed E-state index contributed by atoms with van der Waals surface area (Å²) in [5, 5.41) is 7.16. The third kappa shape index (κ3) is 19.8. The molecule has 0 unspecified atom stereocenters. The van der Waals surface area contributed by atoms with Crippen LogP contribution < -0.4 is 33.4 Å². The highest BCUT2D eigenvalue weighted by Crippen LogP contribution is 2.36. The van der Waals surface area contributed by atoms with Gasteiger partial charge in [-0.1, -0.05) is 48.8 Å². The predicted molar refractivity (Wildman–Crippen MR) is 312 cm³/mol. The highest BCUT2D eigenvalue weighted by atomic mass is 32.1. The van der Waals surface area contributed by atoms with Crippen LogP contribution in [0.15, 0.2) is 134 Å². The lowest BCUT2D eigenvalue weighted by Crippen LogP contribution is -2.30. The lowest BCUT2D eigenvalue weighted by atomic mass is 9.82. The second-order valence-corrected chi connectivity index (χ2v) is 21.4. The van der Waals surface area contributed by atoms with Crippen LogP contribution in [0.1, 0.15) is 115 Å². The molecule has 4 aromatic carbocycles. The van der Waals surface area contributed by atoms with Crippen molar-refractivity contribution in [1.82, 2.24) is 4.98 Å². The van der Waals surface area contributed by atoms with Crippen LogP contribution in [0.3, 0.4) is 0 Å². The molecule has 17 nitrogen and oxygen atoms in total. The number of para-hydroxylation sites is 1. The lowest BCUT2D eigenvalue weighted by Gasteiger charge is -2.26. The van der Waals surface area contributed by atoms with Crippen LogP contribution in [0.5, 0.6) is 34.5 Å². The van der Waals surface area contributed by atoms with Crippen LogP contribution in [0, 0.1) is 23.7 Å². The van der Waals surface area contributed by atoms with E-state index in [4.69, 9.17) is 48.0 Å². The number of rotatable bonds is 31. The first kappa shape index (κ1) is 61.5. The normalized spacial score (nSPS) is 16.7. The lowest BCUT2D eigenvalue weighted by molar-refractivity contribution is -0.145. The largest absolute Gasteiger partial charge is 0.494 e. The van der Waals surface area contributed by atoms with Gasteiger partial charge in [0.25, 0.3) is 0 Å². The van der Waals surface area contributed by atoms with Crippen molar-refractivity contribution in [2.24, 2.45) is 28.8 Å². The van der Waals surface area contributed by atoms with E-state index in [9.17, 15) is 28.8 Å². The zero-order valence-electron chi connectivity index (χ0n) is 46.6. The van der Waals surface area contributed by atoms with Gasteiger partial charge < -0.3 is 37.9 Å². The molecule has 2 aliphatic carbocycles. The Labute approximate surface area is 483 Å². The maximum atomic E-state index is 13.9. The molecule has 0 saturated heterocycles. The van der Waals surface area contributed by atoms with Crippen LogP contribution in [0.4, 0.5) is 5.13 Å². The molecule has 0 amide bonds. The van der Waals surface area contributed by atoms with E-state index in [0.717, 1.165) is 79.3 Å². The quantitative estimate of drug-likeness (QED) is 0.00769. The van der Waals surface area contributed by atoms with Gasteiger partial charge in [-0.25, -0.2) is 19.6 Å². The Morgan fingerprint density at radius 1 is 0.549 bits per heavy atom. The van der Waals surface area contributed by atoms with Gasteiger partial charge in [-0.05, 0) is 189 Å². The summed E-state index contributed by atoms with van der Waals surface area (Å²) in [6.45, 7) is 14.9. The molecule has 0 bridgehead atoms. The van der Waals surface area contributed by atoms with Gasteiger partial charge in [-0.3, -0.25) is 19.2 Å². The summed E-state index contributed by atoms with van der Waals surface area (Å²) < 4.78 is 46.2. The molecule has 2 aliphatic rings. The van der Waals surface area contributed by atoms with Crippen molar-refractivity contribution in [3.05, 3.63) is 134 Å². The SMILES string of the molecule is C=CC(=O)OCCCCCCOc1ccc(OC(=O)C2CCC(C(=O)Oc3ccc(OC(=O)C4CCC(C(=O)Oc5ccc(OCCCCCCOC(=O)C=C)cc5)CC4)c(/C=N/N(CC(=C)C)c4nc5ccccc5s4)c3)CC2)cc1. The van der Waals surface area contributed by atoms with E-state index >= 15 is 0 Å². The minimum Gasteiger partial charge on any atom is -0.494 e. The van der Waals surface area contributed by atoms with E-state index in [2.05, 4.69) is 19.7 Å². The number of hydrogen-bond donors (Lipinski definition) is 0. The molecule has 1 aromatic heterocycles. The molecule has 0 radical (unpaired) electrons. The van der Waals surface area contributed by atoms with Gasteiger partial charge in [0.05, 0.1) is 73.1 Å². The number of esters is 6. The number of aromatic nitrogens is 1. The van der Waals surface area contributed by atoms with Gasteiger partial charge in [-0.15, -0.1) is 0 Å². The Morgan fingerprint density at radius 3 is 1.41 bits per heavy atom. The Bertz CT molecular complexity index is 2960. The fourth-order valence-corrected chi connectivity index (χ4v) is 10.3. The standard InChI is InChI=1S/C64H73N3O14S/c1-5-58(68)76-39-15-9-7-13-37-74-50-27-31-52(32-28-50)78-60(70)45-19-21-47(22-20-45)62(72)80-54-35-36-56(49(41-54)42-65-67(43-44(3)4)64-66-55-17-11-12-18-57(55)82-64)81-63(73)48-25-23-46(24-26-48)61(71)79-53-33-29-51(30-34-53)75-38-14-8-10-16-40-77-59(69)6-2/h5-6,11-12,17-18,27-36,41-42,45-48H,1-3,7-10,13-16,19-26,37-40,43H2,4H3/b65-42+. The van der Waals surface area contributed by atoms with Crippen molar-refractivity contribution < 1.29 is 66.7 Å². The minimum absolute atomic E-state index is 0.209. The average Bonchev–Trinajstić information content (AvgIpc) is 4.06. The number of thiazole rings is 1. The monoisotopic (exact) mass is 1140 g/mol. The molecule has 2 saturated carbocycles. The highest BCUT2D eigenvalue weighted by Gasteiger charge is 2.34. The molecule has 18 heteroatoms. The maximum absolute atomic E-state index is 13.9. The first-order chi connectivity index (χ1) is 39.8. The van der Waals surface area contributed by atoms with E-state index < -0.39 is 41.6 Å². The zero-order valence-corrected chi connectivity index (χ0v) is 47.5. The molecule has 434 valence electrons. The second-order valence-electron chi connectivity index (χ2n) is 20.4. The Balaban J connectivity index is 0.899. The fraction of sp³-hybridized carbons (Fsp3) is 0.406. The maximum Gasteiger partial charge on any atom is 0.330 e. The number of hydrazone groups is 1. The molecule has 0 atom stereocenters. The Kier molecular flexibility index (Phi) is 24.3. The predicted octanol–water partition coefficient (Wildman–Crippen LogP) is 12.7. The van der Waals surface area contributed by atoms with Crippen LogP contribution in [0.25, 0.3) is 10.2 Å². The topological polar surface area (TPSA) is 205 Å². The van der Waals surface area contributed by atoms with Crippen molar-refractivity contribution in [3.63, 3.8) is 0 Å². The average molecular weight is 1140 g/mol. The molecule has 0 aliphatic heterocycles. The van der Waals surface area contributed by atoms with E-state index in [1.54, 1.807) is 78.0 Å². The summed E-state index contributed by atoms with van der Waals surface area (Å²) in [5.41, 5.74) is 2.04. The fourth-order valence-electron chi connectivity index (χ4n) is 9.39. The molecule has 2 fully saturated rings. The smallest absolute Gasteiger partial charge is 0.330 e. The van der Waals surface area contributed by atoms with Crippen molar-refractivity contribution >= 4 is 68.7 Å². The van der Waals surface area contributed by atoms with E-state index in [1.807, 2.05) is 31.2 Å². The van der Waals surface area contributed by atoms with Crippen LogP contribution in [-0.2, 0) is 38.2 Å². The van der Waals surface area contributed by atoms with Crippen molar-refractivity contribution in [2.75, 3.05) is 38.0 Å². The van der Waals surface area contributed by atoms with Crippen LogP contribution in [-0.4, -0.2) is 80.0 Å². The van der Waals surface area contributed by atoms with E-state index in [0.29, 0.717) is 118 Å². The van der Waals surface area contributed by atoms with Crippen molar-refractivity contribution in [1.29, 1.82) is 0 Å². The molecule has 82 heavy (non-hydrogen) atoms. The first-order valence-corrected chi connectivity index (χ1v) is 29.0. The number of nitrogens with zero attached hydrogens (tertiary/aromatic N) is 3. The number of carbonyl (C=O) groups excluding carboxylic acids is 6. The number of carbonyl (C=O) groups is 6. The van der Waals surface area contributed by atoms with Gasteiger partial charge in [0, 0.05) is 17.7 Å². The summed E-state index contributed by atoms with van der Waals surface area (Å²) in [7, 11) is 0. The summed E-state index contributed by atoms with van der Waals surface area (Å²) in [6, 6.07) is 26.4. The first-order valence-electron chi connectivity index (χ1n) is 28.2. The third-order valence-corrected chi connectivity index (χ3v) is 15.0. The third-order valence-electron chi connectivity index (χ3n) is 14.0. The van der Waals surface area contributed by atoms with Gasteiger partial charge in [0.15, 0.2) is 0 Å². The van der Waals surface area contributed by atoms with Gasteiger partial charge >= 0.3 is 35.8 Å². The van der Waals surface area contributed by atoms with Crippen LogP contribution >= 0.6 is 11.3 Å². The molecule has 1 heterocycles. The van der Waals surface area contributed by atoms with Crippen molar-refractivity contribution in [2.45, 2.75) is 110 Å². The van der Waals surface area contributed by atoms with E-state index in [1.165, 1.54) is 11.3 Å².